The summed E-state index contributed by atoms with van der Waals surface area (Å²) >= 11 is 0. The van der Waals surface area contributed by atoms with E-state index in [0.717, 1.165) is 5.56 Å². The van der Waals surface area contributed by atoms with Crippen molar-refractivity contribution in [3.63, 3.8) is 0 Å². The second-order valence-corrected chi connectivity index (χ2v) is 9.23. The van der Waals surface area contributed by atoms with Crippen molar-refractivity contribution in [2.45, 2.75) is 18.4 Å². The van der Waals surface area contributed by atoms with Crippen molar-refractivity contribution in [3.8, 4) is 11.5 Å². The lowest BCUT2D eigenvalue weighted by molar-refractivity contribution is 0.0784. The SMILES string of the molecule is CCN(c1ccccc1)S(=O)(=O)c1cccc(C(=O)N(C)Cc2ccc(OC)cc2OC)c1. The quantitative estimate of drug-likeness (QED) is 0.471. The lowest BCUT2D eigenvalue weighted by Crippen LogP contribution is -2.31. The van der Waals surface area contributed by atoms with Gasteiger partial charge in [-0.3, -0.25) is 9.10 Å². The van der Waals surface area contributed by atoms with Crippen LogP contribution in [-0.4, -0.2) is 47.0 Å². The maximum atomic E-state index is 13.3. The molecule has 174 valence electrons. The van der Waals surface area contributed by atoms with Gasteiger partial charge in [0, 0.05) is 37.3 Å². The molecule has 0 saturated heterocycles. The van der Waals surface area contributed by atoms with E-state index < -0.39 is 10.0 Å². The summed E-state index contributed by atoms with van der Waals surface area (Å²) in [5.74, 6) is 0.959. The molecule has 33 heavy (non-hydrogen) atoms. The van der Waals surface area contributed by atoms with Crippen molar-refractivity contribution in [1.29, 1.82) is 0 Å². The molecule has 0 fully saturated rings. The maximum absolute atomic E-state index is 13.3. The molecule has 8 heteroatoms. The second kappa shape index (κ2) is 10.4. The van der Waals surface area contributed by atoms with Crippen molar-refractivity contribution in [3.05, 3.63) is 83.9 Å². The highest BCUT2D eigenvalue weighted by atomic mass is 32.2. The number of anilines is 1. The summed E-state index contributed by atoms with van der Waals surface area (Å²) in [4.78, 5) is 14.7. The van der Waals surface area contributed by atoms with Gasteiger partial charge in [-0.25, -0.2) is 8.42 Å². The summed E-state index contributed by atoms with van der Waals surface area (Å²) in [5.41, 5.74) is 1.66. The van der Waals surface area contributed by atoms with Crippen LogP contribution in [0.15, 0.2) is 77.7 Å². The van der Waals surface area contributed by atoms with Crippen LogP contribution < -0.4 is 13.8 Å². The van der Waals surface area contributed by atoms with Gasteiger partial charge in [-0.15, -0.1) is 0 Å². The first-order chi connectivity index (χ1) is 15.8. The van der Waals surface area contributed by atoms with Crippen LogP contribution in [0.25, 0.3) is 0 Å². The molecule has 0 atom stereocenters. The Morgan fingerprint density at radius 3 is 2.27 bits per heavy atom. The number of methoxy groups -OCH3 is 2. The average Bonchev–Trinajstić information content (AvgIpc) is 2.84. The van der Waals surface area contributed by atoms with E-state index in [-0.39, 0.29) is 29.5 Å². The van der Waals surface area contributed by atoms with Gasteiger partial charge in [-0.1, -0.05) is 24.3 Å². The lowest BCUT2D eigenvalue weighted by atomic mass is 10.1. The Morgan fingerprint density at radius 1 is 0.909 bits per heavy atom. The Bertz CT molecular complexity index is 1210. The Morgan fingerprint density at radius 2 is 1.64 bits per heavy atom. The van der Waals surface area contributed by atoms with Gasteiger partial charge in [-0.2, -0.15) is 0 Å². The first-order valence-corrected chi connectivity index (χ1v) is 11.9. The highest BCUT2D eigenvalue weighted by Gasteiger charge is 2.25. The second-order valence-electron chi connectivity index (χ2n) is 7.37. The number of benzene rings is 3. The highest BCUT2D eigenvalue weighted by molar-refractivity contribution is 7.92. The molecule has 1 amide bonds. The van der Waals surface area contributed by atoms with Gasteiger partial charge in [0.2, 0.25) is 0 Å². The molecule has 0 aliphatic rings. The first kappa shape index (κ1) is 24.1. The van der Waals surface area contributed by atoms with E-state index in [1.54, 1.807) is 76.7 Å². The molecule has 0 radical (unpaired) electrons. The molecule has 7 nitrogen and oxygen atoms in total. The average molecular weight is 469 g/mol. The van der Waals surface area contributed by atoms with Gasteiger partial charge < -0.3 is 14.4 Å². The Labute approximate surface area is 195 Å². The highest BCUT2D eigenvalue weighted by Crippen LogP contribution is 2.27. The zero-order chi connectivity index (χ0) is 24.0. The number of carbonyl (C=O) groups is 1. The van der Waals surface area contributed by atoms with Crippen LogP contribution in [0.3, 0.4) is 0 Å². The molecule has 0 saturated carbocycles. The van der Waals surface area contributed by atoms with E-state index in [1.807, 2.05) is 12.1 Å². The standard InChI is InChI=1S/C25H28N2O5S/c1-5-27(21-11-7-6-8-12-21)33(29,30)23-13-9-10-19(16-23)25(28)26(2)18-20-14-15-22(31-3)17-24(20)32-4/h6-17H,5,18H2,1-4H3. The van der Waals surface area contributed by atoms with Crippen LogP contribution in [0, 0.1) is 0 Å². The van der Waals surface area contributed by atoms with Crippen LogP contribution in [-0.2, 0) is 16.6 Å². The van der Waals surface area contributed by atoms with Crippen LogP contribution in [0.4, 0.5) is 5.69 Å². The Kier molecular flexibility index (Phi) is 7.60. The topological polar surface area (TPSA) is 76.2 Å². The number of nitrogens with zero attached hydrogens (tertiary/aromatic N) is 2. The number of carbonyl (C=O) groups excluding carboxylic acids is 1. The Hall–Kier alpha value is -3.52. The third kappa shape index (κ3) is 5.28. The summed E-state index contributed by atoms with van der Waals surface area (Å²) in [5, 5.41) is 0. The predicted octanol–water partition coefficient (Wildman–Crippen LogP) is 4.19. The van der Waals surface area contributed by atoms with Gasteiger partial charge >= 0.3 is 0 Å². The number of rotatable bonds is 9. The fourth-order valence-electron chi connectivity index (χ4n) is 3.53. The molecule has 0 unspecified atom stereocenters. The van der Waals surface area contributed by atoms with E-state index in [4.69, 9.17) is 9.47 Å². The number of ether oxygens (including phenoxy) is 2. The molecular weight excluding hydrogens is 440 g/mol. The van der Waals surface area contributed by atoms with Crippen molar-refractivity contribution in [2.75, 3.05) is 32.1 Å². The summed E-state index contributed by atoms with van der Waals surface area (Å²) in [6.45, 7) is 2.32. The molecule has 0 bridgehead atoms. The molecule has 3 rings (SSSR count). The van der Waals surface area contributed by atoms with Crippen LogP contribution >= 0.6 is 0 Å². The van der Waals surface area contributed by atoms with Crippen molar-refractivity contribution >= 4 is 21.6 Å². The predicted molar refractivity (Wildman–Crippen MR) is 128 cm³/mol. The number of para-hydroxylation sites is 1. The summed E-state index contributed by atoms with van der Waals surface area (Å²) < 4.78 is 38.6. The van der Waals surface area contributed by atoms with Gasteiger partial charge in [0.05, 0.1) is 24.8 Å². The molecule has 0 aliphatic carbocycles. The third-order valence-electron chi connectivity index (χ3n) is 5.25. The molecule has 0 spiro atoms. The van der Waals surface area contributed by atoms with Gasteiger partial charge in [-0.05, 0) is 49.4 Å². The molecule has 0 aliphatic heterocycles. The number of sulfonamides is 1. The number of amides is 1. The minimum absolute atomic E-state index is 0.0643. The van der Waals surface area contributed by atoms with E-state index in [1.165, 1.54) is 21.3 Å². The van der Waals surface area contributed by atoms with Crippen LogP contribution in [0.2, 0.25) is 0 Å². The van der Waals surface area contributed by atoms with Crippen molar-refractivity contribution in [2.24, 2.45) is 0 Å². The number of hydrogen-bond acceptors (Lipinski definition) is 5. The molecule has 0 heterocycles. The lowest BCUT2D eigenvalue weighted by Gasteiger charge is -2.23. The normalized spacial score (nSPS) is 11.0. The van der Waals surface area contributed by atoms with Crippen molar-refractivity contribution < 1.29 is 22.7 Å². The minimum atomic E-state index is -3.83. The molecule has 0 N–H and O–H groups in total. The van der Waals surface area contributed by atoms with Gasteiger partial charge in [0.15, 0.2) is 0 Å². The molecule has 3 aromatic rings. The maximum Gasteiger partial charge on any atom is 0.264 e. The molecular formula is C25H28N2O5S. The minimum Gasteiger partial charge on any atom is -0.497 e. The fraction of sp³-hybridized carbons (Fsp3) is 0.240. The molecule has 0 aromatic heterocycles. The van der Waals surface area contributed by atoms with E-state index in [0.29, 0.717) is 17.2 Å². The van der Waals surface area contributed by atoms with E-state index in [9.17, 15) is 13.2 Å². The Balaban J connectivity index is 1.86. The van der Waals surface area contributed by atoms with Crippen molar-refractivity contribution in [1.82, 2.24) is 4.90 Å². The summed E-state index contributed by atoms with van der Waals surface area (Å²) in [6, 6.07) is 20.4. The smallest absolute Gasteiger partial charge is 0.264 e. The van der Waals surface area contributed by atoms with E-state index in [2.05, 4.69) is 0 Å². The van der Waals surface area contributed by atoms with Crippen LogP contribution in [0.5, 0.6) is 11.5 Å². The zero-order valence-corrected chi connectivity index (χ0v) is 20.0. The first-order valence-electron chi connectivity index (χ1n) is 10.5. The largest absolute Gasteiger partial charge is 0.497 e. The van der Waals surface area contributed by atoms with E-state index >= 15 is 0 Å². The molecule has 3 aromatic carbocycles. The monoisotopic (exact) mass is 468 g/mol. The number of hydrogen-bond donors (Lipinski definition) is 0. The van der Waals surface area contributed by atoms with Crippen LogP contribution in [0.1, 0.15) is 22.8 Å². The third-order valence-corrected chi connectivity index (χ3v) is 7.15. The fourth-order valence-corrected chi connectivity index (χ4v) is 5.05. The summed E-state index contributed by atoms with van der Waals surface area (Å²) in [6.07, 6.45) is 0. The summed E-state index contributed by atoms with van der Waals surface area (Å²) in [7, 11) is 0.956. The van der Waals surface area contributed by atoms with Gasteiger partial charge in [0.1, 0.15) is 11.5 Å². The van der Waals surface area contributed by atoms with Gasteiger partial charge in [0.25, 0.3) is 15.9 Å². The zero-order valence-electron chi connectivity index (χ0n) is 19.2.